The van der Waals surface area contributed by atoms with Crippen LogP contribution in [-0.4, -0.2) is 53.6 Å². The first-order valence-electron chi connectivity index (χ1n) is 14.3. The van der Waals surface area contributed by atoms with Crippen molar-refractivity contribution >= 4 is 28.6 Å². The summed E-state index contributed by atoms with van der Waals surface area (Å²) in [6, 6.07) is 12.6. The molecule has 2 saturated heterocycles. The molecule has 3 aliphatic rings. The molecule has 4 heterocycles. The molecular formula is C32H28F3N3O5. The average Bonchev–Trinajstić information content (AvgIpc) is 3.51. The fraction of sp³-hybridized carbons (Fsp3) is 0.344. The highest BCUT2D eigenvalue weighted by Crippen LogP contribution is 2.46. The largest absolute Gasteiger partial charge is 0.487 e. The van der Waals surface area contributed by atoms with Crippen molar-refractivity contribution in [1.82, 2.24) is 10.1 Å². The number of alkyl halides is 3. The minimum absolute atomic E-state index is 0.0126. The number of anilines is 1. The van der Waals surface area contributed by atoms with Crippen molar-refractivity contribution in [2.24, 2.45) is 5.92 Å². The fourth-order valence-corrected chi connectivity index (χ4v) is 5.69. The summed E-state index contributed by atoms with van der Waals surface area (Å²) in [6.07, 6.45) is 1.80. The third-order valence-corrected chi connectivity index (χ3v) is 8.16. The molecule has 1 unspecified atom stereocenters. The molecule has 1 aliphatic carbocycles. The van der Waals surface area contributed by atoms with E-state index in [1.165, 1.54) is 18.2 Å². The van der Waals surface area contributed by atoms with E-state index in [9.17, 15) is 23.1 Å². The Labute approximate surface area is 244 Å². The molecule has 43 heavy (non-hydrogen) atoms. The standard InChI is InChI=1S/C32H28F3N3O5/c33-32(34,35)25-4-2-1-3-22(25)29-23(30(43-37-29)19-6-7-19)9-5-18-15-38(16-18)20-8-10-26-24(13-20)28(14-27(36-26)31(39)40)42-21-11-12-41-17-21/h1-5,8-10,13-14,18-19,21H,6-7,11-12,15-17H2,(H,39,40). The molecule has 0 amide bonds. The zero-order valence-corrected chi connectivity index (χ0v) is 23.0. The SMILES string of the molecule is O=C(O)c1cc(OC2CCOC2)c2cc(N3CC(C=Cc4c(-c5ccccc5C(F)(F)F)noc4C4CC4)C3)ccc2n1. The monoisotopic (exact) mass is 591 g/mol. The van der Waals surface area contributed by atoms with E-state index in [2.05, 4.69) is 15.0 Å². The lowest BCUT2D eigenvalue weighted by Gasteiger charge is -2.40. The molecule has 1 atom stereocenters. The summed E-state index contributed by atoms with van der Waals surface area (Å²) in [5.74, 6) is 0.323. The predicted octanol–water partition coefficient (Wildman–Crippen LogP) is 6.80. The van der Waals surface area contributed by atoms with Crippen LogP contribution in [0.4, 0.5) is 18.9 Å². The normalized spacial score (nSPS) is 19.3. The van der Waals surface area contributed by atoms with E-state index < -0.39 is 17.7 Å². The molecular weight excluding hydrogens is 563 g/mol. The Hall–Kier alpha value is -4.38. The summed E-state index contributed by atoms with van der Waals surface area (Å²) >= 11 is 0. The van der Waals surface area contributed by atoms with Crippen LogP contribution >= 0.6 is 0 Å². The minimum Gasteiger partial charge on any atom is -0.487 e. The lowest BCUT2D eigenvalue weighted by atomic mass is 9.95. The maximum Gasteiger partial charge on any atom is 0.417 e. The van der Waals surface area contributed by atoms with Crippen LogP contribution in [0.25, 0.3) is 28.2 Å². The number of hydrogen-bond acceptors (Lipinski definition) is 7. The number of carbonyl (C=O) groups is 1. The smallest absolute Gasteiger partial charge is 0.417 e. The van der Waals surface area contributed by atoms with Crippen LogP contribution in [0.5, 0.6) is 5.75 Å². The van der Waals surface area contributed by atoms with Crippen LogP contribution in [-0.2, 0) is 10.9 Å². The Morgan fingerprint density at radius 3 is 2.63 bits per heavy atom. The third-order valence-electron chi connectivity index (χ3n) is 8.16. The zero-order valence-electron chi connectivity index (χ0n) is 23.0. The lowest BCUT2D eigenvalue weighted by Crippen LogP contribution is -2.45. The number of nitrogens with zero attached hydrogens (tertiary/aromatic N) is 3. The summed E-state index contributed by atoms with van der Waals surface area (Å²) in [6.45, 7) is 2.45. The van der Waals surface area contributed by atoms with Crippen molar-refractivity contribution in [2.75, 3.05) is 31.2 Å². The van der Waals surface area contributed by atoms with Gasteiger partial charge in [-0.05, 0) is 37.1 Å². The number of aromatic carboxylic acids is 1. The van der Waals surface area contributed by atoms with E-state index in [4.69, 9.17) is 14.0 Å². The minimum atomic E-state index is -4.51. The highest BCUT2D eigenvalue weighted by Gasteiger charge is 2.37. The number of rotatable bonds is 8. The second-order valence-electron chi connectivity index (χ2n) is 11.3. The number of carboxylic acids is 1. The lowest BCUT2D eigenvalue weighted by molar-refractivity contribution is -0.137. The van der Waals surface area contributed by atoms with Crippen molar-refractivity contribution in [3.63, 3.8) is 0 Å². The van der Waals surface area contributed by atoms with Gasteiger partial charge in [0.05, 0.1) is 24.3 Å². The van der Waals surface area contributed by atoms with Crippen LogP contribution in [0, 0.1) is 5.92 Å². The molecule has 0 spiro atoms. The molecule has 11 heteroatoms. The molecule has 222 valence electrons. The molecule has 0 bridgehead atoms. The van der Waals surface area contributed by atoms with Gasteiger partial charge in [-0.2, -0.15) is 13.2 Å². The number of hydrogen-bond donors (Lipinski definition) is 1. The van der Waals surface area contributed by atoms with Gasteiger partial charge in [0.25, 0.3) is 0 Å². The Balaban J connectivity index is 1.12. The molecule has 2 aromatic carbocycles. The van der Waals surface area contributed by atoms with E-state index in [1.807, 2.05) is 24.3 Å². The first-order chi connectivity index (χ1) is 20.7. The molecule has 4 aromatic rings. The molecule has 1 saturated carbocycles. The highest BCUT2D eigenvalue weighted by molar-refractivity contribution is 5.94. The number of benzene rings is 2. The van der Waals surface area contributed by atoms with E-state index in [0.29, 0.717) is 48.9 Å². The van der Waals surface area contributed by atoms with E-state index >= 15 is 0 Å². The summed E-state index contributed by atoms with van der Waals surface area (Å²) < 4.78 is 58.5. The van der Waals surface area contributed by atoms with Crippen molar-refractivity contribution < 1.29 is 37.1 Å². The molecule has 0 radical (unpaired) electrons. The molecule has 7 rings (SSSR count). The van der Waals surface area contributed by atoms with Gasteiger partial charge in [-0.15, -0.1) is 0 Å². The number of pyridine rings is 1. The Morgan fingerprint density at radius 1 is 1.09 bits per heavy atom. The number of ether oxygens (including phenoxy) is 2. The van der Waals surface area contributed by atoms with Crippen LogP contribution in [0.15, 0.2) is 59.1 Å². The molecule has 8 nitrogen and oxygen atoms in total. The number of carboxylic acid groups (broad SMARTS) is 1. The number of aromatic nitrogens is 2. The molecule has 2 aliphatic heterocycles. The van der Waals surface area contributed by atoms with Crippen LogP contribution < -0.4 is 9.64 Å². The van der Waals surface area contributed by atoms with Crippen LogP contribution in [0.1, 0.15) is 52.6 Å². The quantitative estimate of drug-likeness (QED) is 0.239. The molecule has 2 aromatic heterocycles. The van der Waals surface area contributed by atoms with Crippen molar-refractivity contribution in [1.29, 1.82) is 0 Å². The third kappa shape index (κ3) is 5.45. The van der Waals surface area contributed by atoms with Gasteiger partial charge >= 0.3 is 12.1 Å². The predicted molar refractivity (Wildman–Crippen MR) is 152 cm³/mol. The molecule has 1 N–H and O–H groups in total. The van der Waals surface area contributed by atoms with Crippen LogP contribution in [0.3, 0.4) is 0 Å². The number of halogens is 3. The van der Waals surface area contributed by atoms with Gasteiger partial charge in [0, 0.05) is 59.6 Å². The van der Waals surface area contributed by atoms with Gasteiger partial charge < -0.3 is 24.0 Å². The van der Waals surface area contributed by atoms with E-state index in [-0.39, 0.29) is 34.9 Å². The summed E-state index contributed by atoms with van der Waals surface area (Å²) in [4.78, 5) is 18.1. The Bertz CT molecular complexity index is 1720. The second-order valence-corrected chi connectivity index (χ2v) is 11.3. The van der Waals surface area contributed by atoms with Crippen molar-refractivity contribution in [3.05, 3.63) is 77.2 Å². The Kier molecular flexibility index (Phi) is 6.84. The highest BCUT2D eigenvalue weighted by atomic mass is 19.4. The van der Waals surface area contributed by atoms with E-state index in [0.717, 1.165) is 36.4 Å². The topological polar surface area (TPSA) is 97.9 Å². The summed E-state index contributed by atoms with van der Waals surface area (Å²) in [5, 5.41) is 14.4. The van der Waals surface area contributed by atoms with Gasteiger partial charge in [0.2, 0.25) is 0 Å². The van der Waals surface area contributed by atoms with Gasteiger partial charge in [-0.3, -0.25) is 0 Å². The zero-order chi connectivity index (χ0) is 29.7. The van der Waals surface area contributed by atoms with Gasteiger partial charge in [-0.1, -0.05) is 35.5 Å². The number of fused-ring (bicyclic) bond motifs is 1. The van der Waals surface area contributed by atoms with Crippen molar-refractivity contribution in [3.8, 4) is 17.0 Å². The first kappa shape index (κ1) is 27.5. The van der Waals surface area contributed by atoms with Gasteiger partial charge in [0.1, 0.15) is 23.3 Å². The second kappa shape index (κ2) is 10.7. The van der Waals surface area contributed by atoms with Gasteiger partial charge in [0.15, 0.2) is 5.69 Å². The average molecular weight is 592 g/mol. The maximum absolute atomic E-state index is 13.8. The van der Waals surface area contributed by atoms with E-state index in [1.54, 1.807) is 12.1 Å². The maximum atomic E-state index is 13.8. The summed E-state index contributed by atoms with van der Waals surface area (Å²) in [7, 11) is 0. The fourth-order valence-electron chi connectivity index (χ4n) is 5.69. The van der Waals surface area contributed by atoms with Gasteiger partial charge in [-0.25, -0.2) is 9.78 Å². The van der Waals surface area contributed by atoms with Crippen molar-refractivity contribution in [2.45, 2.75) is 37.5 Å². The molecule has 3 fully saturated rings. The first-order valence-corrected chi connectivity index (χ1v) is 14.3. The Morgan fingerprint density at radius 2 is 1.91 bits per heavy atom. The van der Waals surface area contributed by atoms with Crippen LogP contribution in [0.2, 0.25) is 0 Å². The summed E-state index contributed by atoms with van der Waals surface area (Å²) in [5.41, 5.74) is 1.49.